The van der Waals surface area contributed by atoms with Crippen LogP contribution in [-0.2, 0) is 4.79 Å². The molecule has 0 bridgehead atoms. The van der Waals surface area contributed by atoms with Crippen molar-refractivity contribution < 1.29 is 9.90 Å². The van der Waals surface area contributed by atoms with Gasteiger partial charge in [0.15, 0.2) is 0 Å². The summed E-state index contributed by atoms with van der Waals surface area (Å²) in [6, 6.07) is 6.92. The quantitative estimate of drug-likeness (QED) is 0.853. The summed E-state index contributed by atoms with van der Waals surface area (Å²) in [6.45, 7) is 0. The number of carbonyl (C=O) groups is 1. The van der Waals surface area contributed by atoms with E-state index in [-0.39, 0.29) is 6.42 Å². The predicted octanol–water partition coefficient (Wildman–Crippen LogP) is 1.92. The number of aliphatic carboxylic acids is 1. The Balaban J connectivity index is 2.76. The van der Waals surface area contributed by atoms with Crippen molar-refractivity contribution in [2.24, 2.45) is 5.73 Å². The summed E-state index contributed by atoms with van der Waals surface area (Å²) in [5.41, 5.74) is 6.49. The highest BCUT2D eigenvalue weighted by atomic mass is 79.9. The molecule has 4 heteroatoms. The first kappa shape index (κ1) is 10.2. The molecule has 0 aliphatic carbocycles. The van der Waals surface area contributed by atoms with Crippen LogP contribution in [0.5, 0.6) is 0 Å². The van der Waals surface area contributed by atoms with Gasteiger partial charge in [-0.25, -0.2) is 0 Å². The number of hydrogen-bond donors (Lipinski definition) is 2. The number of hydrogen-bond acceptors (Lipinski definition) is 2. The molecule has 0 saturated heterocycles. The standard InChI is InChI=1S/C9H10BrNO2/c10-7-3-1-2-6(4-7)8(11)5-9(12)13/h1-4,8H,5,11H2,(H,12,13). The van der Waals surface area contributed by atoms with E-state index >= 15 is 0 Å². The summed E-state index contributed by atoms with van der Waals surface area (Å²) in [5, 5.41) is 8.52. The van der Waals surface area contributed by atoms with E-state index in [1.165, 1.54) is 0 Å². The summed E-state index contributed by atoms with van der Waals surface area (Å²) in [5.74, 6) is -0.882. The van der Waals surface area contributed by atoms with Crippen molar-refractivity contribution in [3.8, 4) is 0 Å². The van der Waals surface area contributed by atoms with Gasteiger partial charge in [0.25, 0.3) is 0 Å². The van der Waals surface area contributed by atoms with Crippen LogP contribution in [0.3, 0.4) is 0 Å². The fraction of sp³-hybridized carbons (Fsp3) is 0.222. The number of carboxylic acids is 1. The Morgan fingerprint density at radius 2 is 2.31 bits per heavy atom. The normalized spacial score (nSPS) is 12.5. The van der Waals surface area contributed by atoms with E-state index < -0.39 is 12.0 Å². The van der Waals surface area contributed by atoms with E-state index in [0.717, 1.165) is 10.0 Å². The summed E-state index contributed by atoms with van der Waals surface area (Å²) in [7, 11) is 0. The van der Waals surface area contributed by atoms with Gasteiger partial charge in [-0.2, -0.15) is 0 Å². The lowest BCUT2D eigenvalue weighted by molar-refractivity contribution is -0.137. The maximum atomic E-state index is 10.4. The van der Waals surface area contributed by atoms with Gasteiger partial charge in [-0.3, -0.25) is 4.79 Å². The Morgan fingerprint density at radius 3 is 2.85 bits per heavy atom. The lowest BCUT2D eigenvalue weighted by Crippen LogP contribution is -2.14. The molecule has 1 aromatic carbocycles. The average molecular weight is 244 g/mol. The van der Waals surface area contributed by atoms with Gasteiger partial charge in [-0.05, 0) is 17.7 Å². The van der Waals surface area contributed by atoms with Crippen molar-refractivity contribution in [3.05, 3.63) is 34.3 Å². The van der Waals surface area contributed by atoms with E-state index in [1.54, 1.807) is 0 Å². The van der Waals surface area contributed by atoms with Crippen molar-refractivity contribution in [2.75, 3.05) is 0 Å². The fourth-order valence-corrected chi connectivity index (χ4v) is 1.46. The SMILES string of the molecule is NC(CC(=O)O)c1cccc(Br)c1. The first-order valence-electron chi connectivity index (χ1n) is 3.82. The van der Waals surface area contributed by atoms with Gasteiger partial charge in [0.2, 0.25) is 0 Å². The average Bonchev–Trinajstić information content (AvgIpc) is 2.03. The van der Waals surface area contributed by atoms with Crippen molar-refractivity contribution >= 4 is 21.9 Å². The largest absolute Gasteiger partial charge is 0.481 e. The molecule has 1 aromatic rings. The molecule has 3 nitrogen and oxygen atoms in total. The molecule has 13 heavy (non-hydrogen) atoms. The van der Waals surface area contributed by atoms with Crippen LogP contribution in [0.15, 0.2) is 28.7 Å². The van der Waals surface area contributed by atoms with Gasteiger partial charge < -0.3 is 10.8 Å². The van der Waals surface area contributed by atoms with Gasteiger partial charge in [0.05, 0.1) is 6.42 Å². The summed E-state index contributed by atoms with van der Waals surface area (Å²) >= 11 is 3.29. The fourth-order valence-electron chi connectivity index (χ4n) is 1.04. The van der Waals surface area contributed by atoms with Crippen LogP contribution >= 0.6 is 15.9 Å². The minimum atomic E-state index is -0.882. The van der Waals surface area contributed by atoms with E-state index in [4.69, 9.17) is 10.8 Å². The molecule has 1 rings (SSSR count). The third kappa shape index (κ3) is 3.16. The van der Waals surface area contributed by atoms with Crippen LogP contribution in [0.2, 0.25) is 0 Å². The van der Waals surface area contributed by atoms with Gasteiger partial charge in [0, 0.05) is 10.5 Å². The van der Waals surface area contributed by atoms with Crippen molar-refractivity contribution in [3.63, 3.8) is 0 Å². The number of carboxylic acid groups (broad SMARTS) is 1. The van der Waals surface area contributed by atoms with Crippen molar-refractivity contribution in [1.29, 1.82) is 0 Å². The molecule has 0 aromatic heterocycles. The second-order valence-electron chi connectivity index (χ2n) is 2.76. The highest BCUT2D eigenvalue weighted by Gasteiger charge is 2.09. The number of nitrogens with two attached hydrogens (primary N) is 1. The topological polar surface area (TPSA) is 63.3 Å². The van der Waals surface area contributed by atoms with Crippen LogP contribution in [0.25, 0.3) is 0 Å². The number of halogens is 1. The van der Waals surface area contributed by atoms with Crippen LogP contribution < -0.4 is 5.73 Å². The molecule has 0 radical (unpaired) electrons. The maximum Gasteiger partial charge on any atom is 0.305 e. The van der Waals surface area contributed by atoms with E-state index in [1.807, 2.05) is 24.3 Å². The zero-order valence-electron chi connectivity index (χ0n) is 6.90. The first-order valence-corrected chi connectivity index (χ1v) is 4.61. The number of benzene rings is 1. The highest BCUT2D eigenvalue weighted by molar-refractivity contribution is 9.10. The van der Waals surface area contributed by atoms with Crippen molar-refractivity contribution in [2.45, 2.75) is 12.5 Å². The summed E-state index contributed by atoms with van der Waals surface area (Å²) in [6.07, 6.45) is -0.0452. The summed E-state index contributed by atoms with van der Waals surface area (Å²) < 4.78 is 0.908. The molecular weight excluding hydrogens is 234 g/mol. The molecular formula is C9H10BrNO2. The van der Waals surface area contributed by atoms with E-state index in [2.05, 4.69) is 15.9 Å². The predicted molar refractivity (Wildman–Crippen MR) is 53.3 cm³/mol. The lowest BCUT2D eigenvalue weighted by Gasteiger charge is -2.08. The van der Waals surface area contributed by atoms with Gasteiger partial charge >= 0.3 is 5.97 Å². The van der Waals surface area contributed by atoms with Crippen LogP contribution in [0.1, 0.15) is 18.0 Å². The van der Waals surface area contributed by atoms with E-state index in [9.17, 15) is 4.79 Å². The molecule has 0 spiro atoms. The van der Waals surface area contributed by atoms with Crippen LogP contribution in [0.4, 0.5) is 0 Å². The van der Waals surface area contributed by atoms with Crippen LogP contribution in [-0.4, -0.2) is 11.1 Å². The Morgan fingerprint density at radius 1 is 1.62 bits per heavy atom. The Labute approximate surface area is 84.7 Å². The van der Waals surface area contributed by atoms with E-state index in [0.29, 0.717) is 0 Å². The molecule has 1 unspecified atom stereocenters. The smallest absolute Gasteiger partial charge is 0.305 e. The third-order valence-corrected chi connectivity index (χ3v) is 2.16. The van der Waals surface area contributed by atoms with Gasteiger partial charge in [-0.1, -0.05) is 28.1 Å². The second kappa shape index (κ2) is 4.39. The zero-order valence-corrected chi connectivity index (χ0v) is 8.49. The zero-order chi connectivity index (χ0) is 9.84. The molecule has 0 heterocycles. The minimum Gasteiger partial charge on any atom is -0.481 e. The monoisotopic (exact) mass is 243 g/mol. The highest BCUT2D eigenvalue weighted by Crippen LogP contribution is 2.18. The maximum absolute atomic E-state index is 10.4. The first-order chi connectivity index (χ1) is 6.09. The lowest BCUT2D eigenvalue weighted by atomic mass is 10.1. The molecule has 0 aliphatic heterocycles. The third-order valence-electron chi connectivity index (χ3n) is 1.67. The summed E-state index contributed by atoms with van der Waals surface area (Å²) in [4.78, 5) is 10.4. The number of rotatable bonds is 3. The molecule has 0 saturated carbocycles. The second-order valence-corrected chi connectivity index (χ2v) is 3.68. The van der Waals surface area contributed by atoms with Crippen LogP contribution in [0, 0.1) is 0 Å². The molecule has 3 N–H and O–H groups in total. The van der Waals surface area contributed by atoms with Gasteiger partial charge in [-0.15, -0.1) is 0 Å². The Bertz CT molecular complexity index is 314. The Hall–Kier alpha value is -0.870. The van der Waals surface area contributed by atoms with Gasteiger partial charge in [0.1, 0.15) is 0 Å². The Kier molecular flexibility index (Phi) is 3.45. The molecule has 0 aliphatic rings. The molecule has 1 atom stereocenters. The molecule has 0 amide bonds. The van der Waals surface area contributed by atoms with Crippen molar-refractivity contribution in [1.82, 2.24) is 0 Å². The molecule has 70 valence electrons. The molecule has 0 fully saturated rings. The minimum absolute atomic E-state index is 0.0452.